The number of methoxy groups -OCH3 is 1. The molecular weight excluding hydrogens is 310 g/mol. The first kappa shape index (κ1) is 14.8. The van der Waals surface area contributed by atoms with Crippen molar-refractivity contribution in [2.45, 2.75) is 18.6 Å². The third-order valence-corrected chi connectivity index (χ3v) is 5.61. The largest absolute Gasteiger partial charge is 0.497 e. The number of benzene rings is 3. The summed E-state index contributed by atoms with van der Waals surface area (Å²) >= 11 is 0. The van der Waals surface area contributed by atoms with Gasteiger partial charge in [-0.2, -0.15) is 0 Å². The van der Waals surface area contributed by atoms with Gasteiger partial charge in [0, 0.05) is 29.2 Å². The predicted molar refractivity (Wildman–Crippen MR) is 100 cm³/mol. The number of rotatable bonds is 2. The minimum atomic E-state index is 0.174. The van der Waals surface area contributed by atoms with E-state index in [1.807, 2.05) is 12.1 Å². The fourth-order valence-electron chi connectivity index (χ4n) is 4.36. The molecule has 0 spiro atoms. The van der Waals surface area contributed by atoms with Gasteiger partial charge >= 0.3 is 0 Å². The molecule has 5 rings (SSSR count). The summed E-state index contributed by atoms with van der Waals surface area (Å²) in [5, 5.41) is 6.38. The Morgan fingerprint density at radius 1 is 1.00 bits per heavy atom. The van der Waals surface area contributed by atoms with E-state index in [9.17, 15) is 0 Å². The molecule has 3 aromatic rings. The molecule has 2 aliphatic rings. The highest BCUT2D eigenvalue weighted by Gasteiger charge is 2.41. The molecule has 0 saturated carbocycles. The molecule has 0 radical (unpaired) electrons. The van der Waals surface area contributed by atoms with E-state index in [0.717, 1.165) is 18.8 Å². The lowest BCUT2D eigenvalue weighted by atomic mass is 9.80. The molecule has 3 nitrogen and oxygen atoms in total. The Balaban J connectivity index is 1.64. The number of hydrogen-bond donors (Lipinski definition) is 1. The number of nitrogens with one attached hydrogen (secondary N) is 1. The summed E-state index contributed by atoms with van der Waals surface area (Å²) in [6, 6.07) is 21.7. The summed E-state index contributed by atoms with van der Waals surface area (Å²) in [4.78, 5) is 0. The van der Waals surface area contributed by atoms with Crippen LogP contribution >= 0.6 is 0 Å². The zero-order chi connectivity index (χ0) is 16.8. The van der Waals surface area contributed by atoms with Gasteiger partial charge in [-0.1, -0.05) is 48.5 Å². The van der Waals surface area contributed by atoms with Crippen LogP contribution in [0.4, 0.5) is 5.69 Å². The van der Waals surface area contributed by atoms with Crippen LogP contribution in [-0.2, 0) is 4.74 Å². The van der Waals surface area contributed by atoms with E-state index < -0.39 is 0 Å². The molecule has 0 amide bonds. The zero-order valence-electron chi connectivity index (χ0n) is 14.2. The average molecular weight is 331 g/mol. The van der Waals surface area contributed by atoms with Gasteiger partial charge in [0.25, 0.3) is 0 Å². The van der Waals surface area contributed by atoms with Crippen molar-refractivity contribution in [1.29, 1.82) is 0 Å². The van der Waals surface area contributed by atoms with Gasteiger partial charge in [0.15, 0.2) is 0 Å². The van der Waals surface area contributed by atoms with Gasteiger partial charge in [0.05, 0.1) is 19.3 Å². The van der Waals surface area contributed by atoms with E-state index in [1.54, 1.807) is 7.11 Å². The number of anilines is 1. The van der Waals surface area contributed by atoms with Gasteiger partial charge in [-0.05, 0) is 29.5 Å². The molecule has 0 aromatic heterocycles. The van der Waals surface area contributed by atoms with Crippen LogP contribution in [0, 0.1) is 5.92 Å². The van der Waals surface area contributed by atoms with Crippen LogP contribution in [0.25, 0.3) is 10.8 Å². The van der Waals surface area contributed by atoms with Crippen LogP contribution in [-0.4, -0.2) is 13.7 Å². The van der Waals surface area contributed by atoms with E-state index in [2.05, 4.69) is 53.8 Å². The standard InChI is InChI=1S/C22H21NO2/c1-24-16-9-6-15(7-10-16)20-19-12-13-25-22(19)18-11-8-14-4-2-3-5-17(14)21(18)23-20/h2-11,19-20,22-23H,12-13H2,1H3/t19-,20+,22+/m0/s1. The summed E-state index contributed by atoms with van der Waals surface area (Å²) in [6.07, 6.45) is 1.26. The molecule has 3 aromatic carbocycles. The fraction of sp³-hybridized carbons (Fsp3) is 0.273. The van der Waals surface area contributed by atoms with Crippen molar-refractivity contribution in [2.24, 2.45) is 5.92 Å². The van der Waals surface area contributed by atoms with Crippen LogP contribution in [0.15, 0.2) is 60.7 Å². The van der Waals surface area contributed by atoms with Gasteiger partial charge in [-0.15, -0.1) is 0 Å². The maximum atomic E-state index is 6.16. The Hall–Kier alpha value is -2.52. The van der Waals surface area contributed by atoms with E-state index in [4.69, 9.17) is 9.47 Å². The lowest BCUT2D eigenvalue weighted by Gasteiger charge is -2.37. The van der Waals surface area contributed by atoms with Crippen molar-refractivity contribution in [2.75, 3.05) is 19.0 Å². The third-order valence-electron chi connectivity index (χ3n) is 5.61. The van der Waals surface area contributed by atoms with Gasteiger partial charge in [-0.3, -0.25) is 0 Å². The smallest absolute Gasteiger partial charge is 0.118 e. The molecule has 25 heavy (non-hydrogen) atoms. The predicted octanol–water partition coefficient (Wildman–Crippen LogP) is 5.09. The lowest BCUT2D eigenvalue weighted by Crippen LogP contribution is -2.29. The van der Waals surface area contributed by atoms with Gasteiger partial charge in [0.1, 0.15) is 5.75 Å². The maximum absolute atomic E-state index is 6.16. The summed E-state index contributed by atoms with van der Waals surface area (Å²) in [5.41, 5.74) is 3.81. The second kappa shape index (κ2) is 5.78. The minimum Gasteiger partial charge on any atom is -0.497 e. The highest BCUT2D eigenvalue weighted by atomic mass is 16.5. The lowest BCUT2D eigenvalue weighted by molar-refractivity contribution is 0.0831. The molecule has 1 saturated heterocycles. The van der Waals surface area contributed by atoms with Gasteiger partial charge < -0.3 is 14.8 Å². The molecule has 2 heterocycles. The first-order chi connectivity index (χ1) is 12.3. The van der Waals surface area contributed by atoms with Crippen molar-refractivity contribution in [3.8, 4) is 5.75 Å². The number of ether oxygens (including phenoxy) is 2. The van der Waals surface area contributed by atoms with Crippen molar-refractivity contribution in [1.82, 2.24) is 0 Å². The van der Waals surface area contributed by atoms with Crippen LogP contribution in [0.1, 0.15) is 29.7 Å². The molecule has 1 fully saturated rings. The number of hydrogen-bond acceptors (Lipinski definition) is 3. The topological polar surface area (TPSA) is 30.5 Å². The van der Waals surface area contributed by atoms with Gasteiger partial charge in [0.2, 0.25) is 0 Å². The monoisotopic (exact) mass is 331 g/mol. The Morgan fingerprint density at radius 3 is 2.68 bits per heavy atom. The van der Waals surface area contributed by atoms with Crippen molar-refractivity contribution in [3.63, 3.8) is 0 Å². The molecule has 1 N–H and O–H groups in total. The van der Waals surface area contributed by atoms with Crippen molar-refractivity contribution in [3.05, 3.63) is 71.8 Å². The first-order valence-corrected chi connectivity index (χ1v) is 8.89. The highest BCUT2D eigenvalue weighted by Crippen LogP contribution is 2.51. The second-order valence-electron chi connectivity index (χ2n) is 6.89. The number of fused-ring (bicyclic) bond motifs is 5. The quantitative estimate of drug-likeness (QED) is 0.709. The Kier molecular flexibility index (Phi) is 3.42. The molecule has 3 heteroatoms. The molecule has 0 aliphatic carbocycles. The Labute approximate surface area is 147 Å². The third kappa shape index (κ3) is 2.30. The van der Waals surface area contributed by atoms with Crippen LogP contribution in [0.3, 0.4) is 0 Å². The molecule has 3 atom stereocenters. The van der Waals surface area contributed by atoms with Crippen LogP contribution < -0.4 is 10.1 Å². The van der Waals surface area contributed by atoms with E-state index in [1.165, 1.54) is 27.6 Å². The summed E-state index contributed by atoms with van der Waals surface area (Å²) in [6.45, 7) is 0.829. The van der Waals surface area contributed by atoms with Crippen molar-refractivity contribution < 1.29 is 9.47 Å². The first-order valence-electron chi connectivity index (χ1n) is 8.89. The normalized spacial score (nSPS) is 24.4. The maximum Gasteiger partial charge on any atom is 0.118 e. The van der Waals surface area contributed by atoms with E-state index >= 15 is 0 Å². The van der Waals surface area contributed by atoms with E-state index in [0.29, 0.717) is 5.92 Å². The van der Waals surface area contributed by atoms with Crippen LogP contribution in [0.5, 0.6) is 5.75 Å². The zero-order valence-corrected chi connectivity index (χ0v) is 14.2. The summed E-state index contributed by atoms with van der Waals surface area (Å²) in [7, 11) is 1.71. The van der Waals surface area contributed by atoms with E-state index in [-0.39, 0.29) is 12.1 Å². The second-order valence-corrected chi connectivity index (χ2v) is 6.89. The fourth-order valence-corrected chi connectivity index (χ4v) is 4.36. The minimum absolute atomic E-state index is 0.174. The SMILES string of the molecule is COc1ccc([C@H]2Nc3c(ccc4ccccc34)[C@H]3OCC[C@@H]23)cc1. The molecule has 0 bridgehead atoms. The Bertz CT molecular complexity index is 919. The highest BCUT2D eigenvalue weighted by molar-refractivity contribution is 5.96. The molecular formula is C22H21NO2. The van der Waals surface area contributed by atoms with Crippen LogP contribution in [0.2, 0.25) is 0 Å². The summed E-state index contributed by atoms with van der Waals surface area (Å²) < 4.78 is 11.5. The molecule has 126 valence electrons. The average Bonchev–Trinajstić information content (AvgIpc) is 3.17. The molecule has 2 aliphatic heterocycles. The van der Waals surface area contributed by atoms with Crippen molar-refractivity contribution >= 4 is 16.5 Å². The summed E-state index contributed by atoms with van der Waals surface area (Å²) in [5.74, 6) is 1.35. The Morgan fingerprint density at radius 2 is 1.84 bits per heavy atom. The van der Waals surface area contributed by atoms with Gasteiger partial charge in [-0.25, -0.2) is 0 Å². The molecule has 0 unspecified atom stereocenters.